The van der Waals surface area contributed by atoms with Crippen molar-refractivity contribution < 1.29 is 14.3 Å². The molecular formula is C25H30N4O4. The highest BCUT2D eigenvalue weighted by Crippen LogP contribution is 2.16. The van der Waals surface area contributed by atoms with E-state index in [0.717, 1.165) is 24.8 Å². The monoisotopic (exact) mass is 450 g/mol. The first kappa shape index (κ1) is 24.0. The van der Waals surface area contributed by atoms with Gasteiger partial charge in [-0.1, -0.05) is 50.1 Å². The number of aryl methyl sites for hydroxylation is 1. The molecular weight excluding hydrogens is 420 g/mol. The van der Waals surface area contributed by atoms with E-state index in [2.05, 4.69) is 22.9 Å². The molecule has 0 aliphatic carbocycles. The van der Waals surface area contributed by atoms with Crippen LogP contribution in [-0.4, -0.2) is 27.7 Å². The van der Waals surface area contributed by atoms with Crippen molar-refractivity contribution in [2.24, 2.45) is 0 Å². The molecule has 0 unspecified atom stereocenters. The first-order valence-electron chi connectivity index (χ1n) is 11.2. The van der Waals surface area contributed by atoms with E-state index in [1.165, 1.54) is 4.68 Å². The molecule has 0 fully saturated rings. The number of carbonyl (C=O) groups is 2. The molecule has 0 radical (unpaired) electrons. The largest absolute Gasteiger partial charge is 0.491 e. The van der Waals surface area contributed by atoms with Crippen molar-refractivity contribution in [2.45, 2.75) is 59.1 Å². The number of nitrogens with zero attached hydrogens (tertiary/aromatic N) is 2. The molecule has 174 valence electrons. The third-order valence-electron chi connectivity index (χ3n) is 5.01. The highest BCUT2D eigenvalue weighted by molar-refractivity contribution is 6.05. The Labute approximate surface area is 192 Å². The molecule has 0 aliphatic heterocycles. The lowest BCUT2D eigenvalue weighted by Crippen LogP contribution is -2.43. The predicted octanol–water partition coefficient (Wildman–Crippen LogP) is 3.38. The van der Waals surface area contributed by atoms with Crippen molar-refractivity contribution >= 4 is 22.6 Å². The average Bonchev–Trinajstić information content (AvgIpc) is 2.79. The molecule has 0 spiro atoms. The van der Waals surface area contributed by atoms with Crippen molar-refractivity contribution in [2.75, 3.05) is 0 Å². The summed E-state index contributed by atoms with van der Waals surface area (Å²) in [7, 11) is 0. The molecule has 0 atom stereocenters. The molecule has 2 N–H and O–H groups in total. The second-order valence-corrected chi connectivity index (χ2v) is 8.12. The van der Waals surface area contributed by atoms with E-state index in [9.17, 15) is 14.4 Å². The minimum atomic E-state index is -0.583. The van der Waals surface area contributed by atoms with Crippen molar-refractivity contribution in [3.05, 3.63) is 70.1 Å². The molecule has 8 heteroatoms. The summed E-state index contributed by atoms with van der Waals surface area (Å²) in [5.41, 5.74) is 5.48. The van der Waals surface area contributed by atoms with Crippen LogP contribution in [0.2, 0.25) is 0 Å². The molecule has 8 nitrogen and oxygen atoms in total. The van der Waals surface area contributed by atoms with Crippen LogP contribution in [0.4, 0.5) is 0 Å². The van der Waals surface area contributed by atoms with Gasteiger partial charge in [-0.2, -0.15) is 5.10 Å². The van der Waals surface area contributed by atoms with Gasteiger partial charge in [-0.3, -0.25) is 25.2 Å². The SMILES string of the molecule is CCCCCn1nc(C(=O)NNC(=O)Cc2cccc(OC(C)C)c2)c2ccccc2c1=O. The van der Waals surface area contributed by atoms with Crippen LogP contribution in [0.5, 0.6) is 5.75 Å². The molecule has 2 amide bonds. The molecule has 0 saturated heterocycles. The van der Waals surface area contributed by atoms with Gasteiger partial charge in [0.2, 0.25) is 5.91 Å². The number of fused-ring (bicyclic) bond motifs is 1. The van der Waals surface area contributed by atoms with E-state index in [1.54, 1.807) is 30.3 Å². The number of rotatable bonds is 9. The summed E-state index contributed by atoms with van der Waals surface area (Å²) in [6.45, 7) is 6.36. The van der Waals surface area contributed by atoms with Crippen LogP contribution >= 0.6 is 0 Å². The zero-order chi connectivity index (χ0) is 23.8. The lowest BCUT2D eigenvalue weighted by Gasteiger charge is -2.12. The Hall–Kier alpha value is -3.68. The van der Waals surface area contributed by atoms with Crippen molar-refractivity contribution in [1.82, 2.24) is 20.6 Å². The number of ether oxygens (including phenoxy) is 1. The van der Waals surface area contributed by atoms with E-state index >= 15 is 0 Å². The standard InChI is InChI=1S/C25H30N4O4/c1-4-5-8-14-29-25(32)21-13-7-6-12-20(21)23(28-29)24(31)27-26-22(30)16-18-10-9-11-19(15-18)33-17(2)3/h6-7,9-13,15,17H,4-5,8,14,16H2,1-3H3,(H,26,30)(H,27,31). The number of hydrogen-bond donors (Lipinski definition) is 2. The maximum absolute atomic E-state index is 12.9. The summed E-state index contributed by atoms with van der Waals surface area (Å²) in [6.07, 6.45) is 2.86. The lowest BCUT2D eigenvalue weighted by molar-refractivity contribution is -0.121. The summed E-state index contributed by atoms with van der Waals surface area (Å²) in [5.74, 6) is -0.286. The van der Waals surface area contributed by atoms with E-state index in [1.807, 2.05) is 32.0 Å². The number of aromatic nitrogens is 2. The van der Waals surface area contributed by atoms with E-state index in [-0.39, 0.29) is 29.7 Å². The second kappa shape index (κ2) is 11.3. The van der Waals surface area contributed by atoms with Gasteiger partial charge in [0, 0.05) is 11.9 Å². The number of unbranched alkanes of at least 4 members (excludes halogenated alkanes) is 2. The summed E-state index contributed by atoms with van der Waals surface area (Å²) < 4.78 is 6.98. The fraction of sp³-hybridized carbons (Fsp3) is 0.360. The lowest BCUT2D eigenvalue weighted by atomic mass is 10.1. The van der Waals surface area contributed by atoms with Crippen molar-refractivity contribution in [1.29, 1.82) is 0 Å². The Morgan fingerprint density at radius 2 is 1.79 bits per heavy atom. The zero-order valence-corrected chi connectivity index (χ0v) is 19.3. The van der Waals surface area contributed by atoms with Crippen LogP contribution in [-0.2, 0) is 17.8 Å². The maximum Gasteiger partial charge on any atom is 0.290 e. The molecule has 0 aliphatic rings. The van der Waals surface area contributed by atoms with Gasteiger partial charge < -0.3 is 4.74 Å². The summed E-state index contributed by atoms with van der Waals surface area (Å²) >= 11 is 0. The minimum Gasteiger partial charge on any atom is -0.491 e. The first-order chi connectivity index (χ1) is 15.9. The van der Waals surface area contributed by atoms with Gasteiger partial charge in [0.25, 0.3) is 11.5 Å². The molecule has 3 aromatic rings. The molecule has 1 aromatic heterocycles. The van der Waals surface area contributed by atoms with Gasteiger partial charge in [-0.15, -0.1) is 0 Å². The smallest absolute Gasteiger partial charge is 0.290 e. The zero-order valence-electron chi connectivity index (χ0n) is 19.3. The Bertz CT molecular complexity index is 1190. The topological polar surface area (TPSA) is 102 Å². The summed E-state index contributed by atoms with van der Waals surface area (Å²) in [6, 6.07) is 14.1. The second-order valence-electron chi connectivity index (χ2n) is 8.12. The Morgan fingerprint density at radius 1 is 1.03 bits per heavy atom. The summed E-state index contributed by atoms with van der Waals surface area (Å²) in [5, 5.41) is 5.16. The maximum atomic E-state index is 12.9. The van der Waals surface area contributed by atoms with Crippen LogP contribution in [0.3, 0.4) is 0 Å². The molecule has 0 bridgehead atoms. The first-order valence-corrected chi connectivity index (χ1v) is 11.2. The number of nitrogens with one attached hydrogen (secondary N) is 2. The molecule has 3 rings (SSSR count). The predicted molar refractivity (Wildman–Crippen MR) is 127 cm³/mol. The normalized spacial score (nSPS) is 10.9. The van der Waals surface area contributed by atoms with Gasteiger partial charge in [0.15, 0.2) is 5.69 Å². The molecule has 33 heavy (non-hydrogen) atoms. The quantitative estimate of drug-likeness (QED) is 0.384. The van der Waals surface area contributed by atoms with E-state index in [0.29, 0.717) is 23.1 Å². The highest BCUT2D eigenvalue weighted by atomic mass is 16.5. The number of carbonyl (C=O) groups excluding carboxylic acids is 2. The fourth-order valence-corrected chi connectivity index (χ4v) is 3.48. The highest BCUT2D eigenvalue weighted by Gasteiger charge is 2.17. The van der Waals surface area contributed by atoms with Gasteiger partial charge >= 0.3 is 0 Å². The average molecular weight is 451 g/mol. The molecule has 0 saturated carbocycles. The number of amides is 2. The van der Waals surface area contributed by atoms with Crippen LogP contribution in [0, 0.1) is 0 Å². The third-order valence-corrected chi connectivity index (χ3v) is 5.01. The number of benzene rings is 2. The number of hydrogen-bond acceptors (Lipinski definition) is 5. The van der Waals surface area contributed by atoms with Crippen LogP contribution in [0.25, 0.3) is 10.8 Å². The van der Waals surface area contributed by atoms with E-state index < -0.39 is 5.91 Å². The fourth-order valence-electron chi connectivity index (χ4n) is 3.48. The van der Waals surface area contributed by atoms with Crippen molar-refractivity contribution in [3.63, 3.8) is 0 Å². The van der Waals surface area contributed by atoms with Crippen LogP contribution in [0.15, 0.2) is 53.3 Å². The van der Waals surface area contributed by atoms with Gasteiger partial charge in [0.1, 0.15) is 5.75 Å². The van der Waals surface area contributed by atoms with Gasteiger partial charge in [-0.25, -0.2) is 4.68 Å². The third kappa shape index (κ3) is 6.41. The Kier molecular flexibility index (Phi) is 8.18. The Morgan fingerprint density at radius 3 is 2.52 bits per heavy atom. The van der Waals surface area contributed by atoms with E-state index in [4.69, 9.17) is 4.74 Å². The molecule has 2 aromatic carbocycles. The van der Waals surface area contributed by atoms with Crippen LogP contribution < -0.4 is 21.1 Å². The van der Waals surface area contributed by atoms with Crippen molar-refractivity contribution in [3.8, 4) is 5.75 Å². The van der Waals surface area contributed by atoms with Gasteiger partial charge in [-0.05, 0) is 44.0 Å². The Balaban J connectivity index is 1.72. The summed E-state index contributed by atoms with van der Waals surface area (Å²) in [4.78, 5) is 38.0. The van der Waals surface area contributed by atoms with Crippen LogP contribution in [0.1, 0.15) is 56.1 Å². The van der Waals surface area contributed by atoms with Gasteiger partial charge in [0.05, 0.1) is 17.9 Å². The molecule has 1 heterocycles. The number of hydrazine groups is 1. The minimum absolute atomic E-state index is 0.0286.